The van der Waals surface area contributed by atoms with Gasteiger partial charge in [-0.3, -0.25) is 0 Å². The van der Waals surface area contributed by atoms with Gasteiger partial charge >= 0.3 is 0 Å². The smallest absolute Gasteiger partial charge is 0.235 e. The molecule has 0 saturated carbocycles. The van der Waals surface area contributed by atoms with Crippen molar-refractivity contribution < 1.29 is 30.0 Å². The summed E-state index contributed by atoms with van der Waals surface area (Å²) in [5, 5.41) is 8.61. The standard InChI is InChI=1S/C16H14ClF3N4O4S2/c1-3-29(25,26)24(30(27,28)4-2)12-6-10(11(18)5-9(12)7-21)14-13(17)15(16(19)20)23-8-22-14/h5-6,8,16H,3-4H2,1-2H3. The van der Waals surface area contributed by atoms with Gasteiger partial charge in [0.1, 0.15) is 23.9 Å². The van der Waals surface area contributed by atoms with Crippen molar-refractivity contribution in [2.24, 2.45) is 0 Å². The summed E-state index contributed by atoms with van der Waals surface area (Å²) < 4.78 is 90.9. The number of aromatic nitrogens is 2. The van der Waals surface area contributed by atoms with Gasteiger partial charge in [-0.1, -0.05) is 11.6 Å². The van der Waals surface area contributed by atoms with Gasteiger partial charge in [-0.05, 0) is 26.0 Å². The lowest BCUT2D eigenvalue weighted by molar-refractivity contribution is 0.146. The van der Waals surface area contributed by atoms with E-state index in [4.69, 9.17) is 11.6 Å². The van der Waals surface area contributed by atoms with E-state index in [1.807, 2.05) is 0 Å². The third kappa shape index (κ3) is 4.35. The Labute approximate surface area is 176 Å². The zero-order valence-electron chi connectivity index (χ0n) is 15.5. The zero-order valence-corrected chi connectivity index (χ0v) is 17.9. The molecule has 1 aromatic carbocycles. The van der Waals surface area contributed by atoms with Crippen LogP contribution in [0.2, 0.25) is 5.02 Å². The number of halogens is 4. The van der Waals surface area contributed by atoms with Crippen molar-refractivity contribution in [2.45, 2.75) is 20.3 Å². The molecular formula is C16H14ClF3N4O4S2. The Morgan fingerprint density at radius 1 is 1.13 bits per heavy atom. The lowest BCUT2D eigenvalue weighted by atomic mass is 10.1. The van der Waals surface area contributed by atoms with Gasteiger partial charge in [-0.2, -0.15) is 8.97 Å². The molecule has 0 bridgehead atoms. The molecule has 1 aromatic heterocycles. The molecule has 1 heterocycles. The third-order valence-corrected chi connectivity index (χ3v) is 8.51. The first-order valence-corrected chi connectivity index (χ1v) is 11.8. The topological polar surface area (TPSA) is 121 Å². The summed E-state index contributed by atoms with van der Waals surface area (Å²) in [6.07, 6.45) is -2.42. The highest BCUT2D eigenvalue weighted by atomic mass is 35.5. The second-order valence-electron chi connectivity index (χ2n) is 5.68. The van der Waals surface area contributed by atoms with Crippen LogP contribution < -0.4 is 3.71 Å². The Kier molecular flexibility index (Phi) is 6.95. The normalized spacial score (nSPS) is 12.1. The fourth-order valence-electron chi connectivity index (χ4n) is 2.41. The van der Waals surface area contributed by atoms with Gasteiger partial charge in [-0.25, -0.2) is 40.0 Å². The summed E-state index contributed by atoms with van der Waals surface area (Å²) in [6, 6.07) is 2.83. The zero-order chi connectivity index (χ0) is 22.9. The first kappa shape index (κ1) is 23.8. The molecular weight excluding hydrogens is 469 g/mol. The monoisotopic (exact) mass is 482 g/mol. The molecule has 0 atom stereocenters. The average Bonchev–Trinajstić information content (AvgIpc) is 2.68. The minimum Gasteiger partial charge on any atom is -0.235 e. The molecule has 0 spiro atoms. The molecule has 0 aliphatic rings. The van der Waals surface area contributed by atoms with Crippen LogP contribution >= 0.6 is 11.6 Å². The first-order valence-electron chi connectivity index (χ1n) is 8.19. The summed E-state index contributed by atoms with van der Waals surface area (Å²) in [5.41, 5.74) is -3.28. The van der Waals surface area contributed by atoms with Crippen molar-refractivity contribution in [3.63, 3.8) is 0 Å². The van der Waals surface area contributed by atoms with Gasteiger partial charge in [0.05, 0.1) is 33.5 Å². The van der Waals surface area contributed by atoms with Gasteiger partial charge in [0.2, 0.25) is 20.0 Å². The average molecular weight is 483 g/mol. The van der Waals surface area contributed by atoms with Crippen LogP contribution in [0.5, 0.6) is 0 Å². The highest BCUT2D eigenvalue weighted by molar-refractivity contribution is 8.10. The van der Waals surface area contributed by atoms with E-state index in [-0.39, 0.29) is 3.71 Å². The fraction of sp³-hybridized carbons (Fsp3) is 0.312. The van der Waals surface area contributed by atoms with Gasteiger partial charge < -0.3 is 0 Å². The van der Waals surface area contributed by atoms with Crippen molar-refractivity contribution >= 4 is 37.3 Å². The number of benzene rings is 1. The van der Waals surface area contributed by atoms with Crippen LogP contribution in [0.1, 0.15) is 31.5 Å². The van der Waals surface area contributed by atoms with Gasteiger partial charge in [0.15, 0.2) is 0 Å². The molecule has 0 saturated heterocycles. The van der Waals surface area contributed by atoms with E-state index in [1.165, 1.54) is 19.9 Å². The molecule has 0 amide bonds. The number of hydrogen-bond donors (Lipinski definition) is 0. The molecule has 14 heteroatoms. The molecule has 0 fully saturated rings. The van der Waals surface area contributed by atoms with E-state index in [0.717, 1.165) is 6.07 Å². The Morgan fingerprint density at radius 2 is 1.70 bits per heavy atom. The number of hydrogen-bond acceptors (Lipinski definition) is 7. The summed E-state index contributed by atoms with van der Waals surface area (Å²) in [7, 11) is -8.95. The van der Waals surface area contributed by atoms with E-state index < -0.39 is 77.0 Å². The van der Waals surface area contributed by atoms with Crippen LogP contribution in [0.15, 0.2) is 18.5 Å². The van der Waals surface area contributed by atoms with Crippen LogP contribution in [-0.4, -0.2) is 38.3 Å². The highest BCUT2D eigenvalue weighted by Crippen LogP contribution is 2.38. The Bertz CT molecular complexity index is 1200. The molecule has 0 radical (unpaired) electrons. The van der Waals surface area contributed by atoms with E-state index in [9.17, 15) is 35.3 Å². The minimum absolute atomic E-state index is 0.0324. The van der Waals surface area contributed by atoms with Crippen molar-refractivity contribution in [2.75, 3.05) is 15.2 Å². The van der Waals surface area contributed by atoms with Crippen LogP contribution in [0.4, 0.5) is 18.9 Å². The molecule has 2 aromatic rings. The van der Waals surface area contributed by atoms with Crippen LogP contribution in [0, 0.1) is 17.1 Å². The van der Waals surface area contributed by atoms with Crippen LogP contribution in [0.3, 0.4) is 0 Å². The lowest BCUT2D eigenvalue weighted by Gasteiger charge is -2.24. The second kappa shape index (κ2) is 8.75. The van der Waals surface area contributed by atoms with Gasteiger partial charge in [0, 0.05) is 5.56 Å². The Morgan fingerprint density at radius 3 is 2.17 bits per heavy atom. The van der Waals surface area contributed by atoms with Gasteiger partial charge in [0.25, 0.3) is 6.43 Å². The molecule has 8 nitrogen and oxygen atoms in total. The number of nitrogens with zero attached hydrogens (tertiary/aromatic N) is 4. The predicted molar refractivity (Wildman–Crippen MR) is 104 cm³/mol. The van der Waals surface area contributed by atoms with Crippen LogP contribution in [0.25, 0.3) is 11.3 Å². The van der Waals surface area contributed by atoms with E-state index >= 15 is 0 Å². The van der Waals surface area contributed by atoms with E-state index in [0.29, 0.717) is 12.4 Å². The lowest BCUT2D eigenvalue weighted by Crippen LogP contribution is -2.39. The van der Waals surface area contributed by atoms with Crippen molar-refractivity contribution in [3.8, 4) is 17.3 Å². The SMILES string of the molecule is CCS(=O)(=O)N(c1cc(-c2ncnc(C(F)F)c2Cl)c(F)cc1C#N)S(=O)(=O)CC. The molecule has 0 unspecified atom stereocenters. The first-order chi connectivity index (χ1) is 13.9. The van der Waals surface area contributed by atoms with Crippen LogP contribution in [-0.2, 0) is 20.0 Å². The molecule has 162 valence electrons. The highest BCUT2D eigenvalue weighted by Gasteiger charge is 2.35. The minimum atomic E-state index is -4.47. The molecule has 30 heavy (non-hydrogen) atoms. The molecule has 2 rings (SSSR count). The Hall–Kier alpha value is -2.43. The fourth-order valence-corrected chi connectivity index (χ4v) is 6.08. The summed E-state index contributed by atoms with van der Waals surface area (Å²) >= 11 is 5.86. The number of nitriles is 1. The van der Waals surface area contributed by atoms with Crippen molar-refractivity contribution in [3.05, 3.63) is 40.6 Å². The maximum absolute atomic E-state index is 14.7. The Balaban J connectivity index is 2.94. The quantitative estimate of drug-likeness (QED) is 0.593. The summed E-state index contributed by atoms with van der Waals surface area (Å²) in [4.78, 5) is 6.98. The van der Waals surface area contributed by atoms with Gasteiger partial charge in [-0.15, -0.1) is 0 Å². The molecule has 0 N–H and O–H groups in total. The maximum atomic E-state index is 14.7. The second-order valence-corrected chi connectivity index (χ2v) is 10.5. The molecule has 0 aliphatic heterocycles. The predicted octanol–water partition coefficient (Wildman–Crippen LogP) is 3.25. The number of rotatable bonds is 7. The number of alkyl halides is 2. The number of anilines is 1. The van der Waals surface area contributed by atoms with Crippen molar-refractivity contribution in [1.82, 2.24) is 9.97 Å². The molecule has 0 aliphatic carbocycles. The summed E-state index contributed by atoms with van der Waals surface area (Å²) in [5.74, 6) is -2.44. The maximum Gasteiger partial charge on any atom is 0.281 e. The van der Waals surface area contributed by atoms with Crippen molar-refractivity contribution in [1.29, 1.82) is 5.26 Å². The summed E-state index contributed by atoms with van der Waals surface area (Å²) in [6.45, 7) is 2.36. The number of sulfonamides is 2. The van der Waals surface area contributed by atoms with E-state index in [1.54, 1.807) is 0 Å². The van der Waals surface area contributed by atoms with E-state index in [2.05, 4.69) is 9.97 Å². The third-order valence-electron chi connectivity index (χ3n) is 3.92. The largest absolute Gasteiger partial charge is 0.281 e.